The van der Waals surface area contributed by atoms with Crippen LogP contribution in [0.1, 0.15) is 41.6 Å². The zero-order chi connectivity index (χ0) is 26.6. The number of benzene rings is 2. The SMILES string of the molecule is NOC(=O)c1cccc2cn(-c3ccc(CN4CCCC5(CCCO5)C4)cc3)nc12.O=C(O)C(F)(F)F. The van der Waals surface area contributed by atoms with Crippen LogP contribution in [-0.4, -0.2) is 63.2 Å². The Kier molecular flexibility index (Phi) is 7.81. The molecule has 0 bridgehead atoms. The monoisotopic (exact) mass is 520 g/mol. The third kappa shape index (κ3) is 6.27. The van der Waals surface area contributed by atoms with Crippen molar-refractivity contribution in [1.29, 1.82) is 0 Å². The van der Waals surface area contributed by atoms with E-state index in [1.165, 1.54) is 31.2 Å². The van der Waals surface area contributed by atoms with Gasteiger partial charge >= 0.3 is 18.1 Å². The normalized spacial score (nSPS) is 20.0. The summed E-state index contributed by atoms with van der Waals surface area (Å²) in [6.07, 6.45) is 1.59. The van der Waals surface area contributed by atoms with E-state index < -0.39 is 18.1 Å². The third-order valence-corrected chi connectivity index (χ3v) is 6.52. The number of alkyl halides is 3. The fourth-order valence-electron chi connectivity index (χ4n) is 4.82. The van der Waals surface area contributed by atoms with Crippen LogP contribution in [-0.2, 0) is 20.9 Å². The molecule has 1 spiro atoms. The Balaban J connectivity index is 0.000000405. The lowest BCUT2D eigenvalue weighted by molar-refractivity contribution is -0.192. The van der Waals surface area contributed by atoms with Gasteiger partial charge < -0.3 is 14.7 Å². The van der Waals surface area contributed by atoms with Crippen molar-refractivity contribution in [1.82, 2.24) is 14.7 Å². The highest BCUT2D eigenvalue weighted by atomic mass is 19.4. The van der Waals surface area contributed by atoms with E-state index in [9.17, 15) is 18.0 Å². The number of ether oxygens (including phenoxy) is 1. The Morgan fingerprint density at radius 1 is 1.14 bits per heavy atom. The summed E-state index contributed by atoms with van der Waals surface area (Å²) in [6, 6.07) is 13.8. The molecule has 2 fully saturated rings. The number of nitrogens with zero attached hydrogens (tertiary/aromatic N) is 3. The van der Waals surface area contributed by atoms with Crippen LogP contribution in [0.25, 0.3) is 16.6 Å². The first-order valence-corrected chi connectivity index (χ1v) is 11.8. The average molecular weight is 521 g/mol. The molecule has 1 unspecified atom stereocenters. The number of carboxylic acid groups (broad SMARTS) is 1. The van der Waals surface area contributed by atoms with Gasteiger partial charge in [-0.25, -0.2) is 14.3 Å². The summed E-state index contributed by atoms with van der Waals surface area (Å²) in [6.45, 7) is 3.99. The standard InChI is InChI=1S/C23H26N4O3.C2HF3O2/c24-30-22(28)20-5-1-4-18-15-27(25-21(18)20)19-8-6-17(7-9-19)14-26-12-2-10-23(16-26)11-3-13-29-23;3-2(4,5)1(6)7/h1,4-9,15H,2-3,10-14,16,24H2;(H,6,7). The highest BCUT2D eigenvalue weighted by Crippen LogP contribution is 2.35. The third-order valence-electron chi connectivity index (χ3n) is 6.52. The van der Waals surface area contributed by atoms with E-state index in [-0.39, 0.29) is 5.60 Å². The van der Waals surface area contributed by atoms with Crippen LogP contribution in [0.3, 0.4) is 0 Å². The predicted molar refractivity (Wildman–Crippen MR) is 127 cm³/mol. The number of likely N-dealkylation sites (tertiary alicyclic amines) is 1. The number of rotatable bonds is 4. The number of piperidine rings is 1. The van der Waals surface area contributed by atoms with E-state index in [4.69, 9.17) is 20.5 Å². The van der Waals surface area contributed by atoms with Crippen LogP contribution in [0.5, 0.6) is 0 Å². The maximum Gasteiger partial charge on any atom is 0.490 e. The number of hydrogen-bond acceptors (Lipinski definition) is 7. The minimum Gasteiger partial charge on any atom is -0.475 e. The molecule has 3 heterocycles. The molecule has 3 aromatic rings. The summed E-state index contributed by atoms with van der Waals surface area (Å²) in [7, 11) is 0. The van der Waals surface area contributed by atoms with E-state index >= 15 is 0 Å². The van der Waals surface area contributed by atoms with Crippen molar-refractivity contribution < 1.29 is 37.4 Å². The second-order valence-corrected chi connectivity index (χ2v) is 9.14. The first-order chi connectivity index (χ1) is 17.6. The van der Waals surface area contributed by atoms with Gasteiger partial charge in [0.2, 0.25) is 0 Å². The molecule has 9 nitrogen and oxygen atoms in total. The first kappa shape index (κ1) is 26.6. The molecule has 0 radical (unpaired) electrons. The number of aromatic nitrogens is 2. The van der Waals surface area contributed by atoms with Crippen molar-refractivity contribution in [2.45, 2.75) is 44.0 Å². The first-order valence-electron chi connectivity index (χ1n) is 11.8. The number of halogens is 3. The Morgan fingerprint density at radius 2 is 1.84 bits per heavy atom. The van der Waals surface area contributed by atoms with Crippen molar-refractivity contribution in [2.75, 3.05) is 19.7 Å². The maximum atomic E-state index is 11.9. The van der Waals surface area contributed by atoms with Gasteiger partial charge in [0.25, 0.3) is 0 Å². The smallest absolute Gasteiger partial charge is 0.475 e. The summed E-state index contributed by atoms with van der Waals surface area (Å²) in [5, 5.41) is 12.6. The molecule has 0 amide bonds. The molecule has 3 N–H and O–H groups in total. The fraction of sp³-hybridized carbons (Fsp3) is 0.400. The number of nitrogens with two attached hydrogens (primary N) is 1. The van der Waals surface area contributed by atoms with Gasteiger partial charge in [0, 0.05) is 31.3 Å². The summed E-state index contributed by atoms with van der Waals surface area (Å²) in [4.78, 5) is 27.7. The van der Waals surface area contributed by atoms with Gasteiger partial charge in [-0.3, -0.25) is 4.90 Å². The topological polar surface area (TPSA) is 120 Å². The van der Waals surface area contributed by atoms with Crippen LogP contribution in [0.4, 0.5) is 13.2 Å². The van der Waals surface area contributed by atoms with E-state index in [0.717, 1.165) is 37.3 Å². The lowest BCUT2D eigenvalue weighted by Crippen LogP contribution is -2.47. The van der Waals surface area contributed by atoms with Gasteiger partial charge in [-0.2, -0.15) is 24.2 Å². The Labute approximate surface area is 210 Å². The van der Waals surface area contributed by atoms with Gasteiger partial charge in [-0.1, -0.05) is 24.3 Å². The van der Waals surface area contributed by atoms with Gasteiger partial charge in [0.1, 0.15) is 5.52 Å². The largest absolute Gasteiger partial charge is 0.490 e. The number of fused-ring (bicyclic) bond motifs is 1. The molecule has 0 aliphatic carbocycles. The number of hydrogen-bond donors (Lipinski definition) is 2. The van der Waals surface area contributed by atoms with Gasteiger partial charge in [-0.05, 0) is 56.0 Å². The summed E-state index contributed by atoms with van der Waals surface area (Å²) in [5.74, 6) is 1.70. The molecule has 5 rings (SSSR count). The van der Waals surface area contributed by atoms with Crippen molar-refractivity contribution in [3.63, 3.8) is 0 Å². The van der Waals surface area contributed by atoms with E-state index in [1.807, 2.05) is 12.3 Å². The van der Waals surface area contributed by atoms with Gasteiger partial charge in [0.15, 0.2) is 0 Å². The van der Waals surface area contributed by atoms with Crippen molar-refractivity contribution >= 4 is 22.8 Å². The van der Waals surface area contributed by atoms with Gasteiger partial charge in [-0.15, -0.1) is 0 Å². The molecule has 37 heavy (non-hydrogen) atoms. The Hall–Kier alpha value is -3.48. The van der Waals surface area contributed by atoms with Gasteiger partial charge in [0.05, 0.1) is 16.9 Å². The number of carbonyl (C=O) groups is 2. The molecular weight excluding hydrogens is 493 g/mol. The van der Waals surface area contributed by atoms with E-state index in [0.29, 0.717) is 11.1 Å². The van der Waals surface area contributed by atoms with Crippen molar-refractivity contribution in [3.05, 3.63) is 59.8 Å². The summed E-state index contributed by atoms with van der Waals surface area (Å²) in [5.41, 5.74) is 3.25. The molecule has 2 aromatic carbocycles. The number of carbonyl (C=O) groups excluding carboxylic acids is 1. The second-order valence-electron chi connectivity index (χ2n) is 9.14. The highest BCUT2D eigenvalue weighted by Gasteiger charge is 2.39. The van der Waals surface area contributed by atoms with Crippen molar-refractivity contribution in [2.24, 2.45) is 5.90 Å². The minimum absolute atomic E-state index is 0.0930. The highest BCUT2D eigenvalue weighted by molar-refractivity contribution is 6.02. The number of aliphatic carboxylic acids is 1. The fourth-order valence-corrected chi connectivity index (χ4v) is 4.82. The molecule has 198 valence electrons. The lowest BCUT2D eigenvalue weighted by Gasteiger charge is -2.39. The average Bonchev–Trinajstić information content (AvgIpc) is 3.51. The van der Waals surface area contributed by atoms with Crippen LogP contribution < -0.4 is 5.90 Å². The minimum atomic E-state index is -5.08. The van der Waals surface area contributed by atoms with Crippen LogP contribution in [0, 0.1) is 0 Å². The van der Waals surface area contributed by atoms with E-state index in [2.05, 4.69) is 39.1 Å². The van der Waals surface area contributed by atoms with E-state index in [1.54, 1.807) is 16.8 Å². The molecule has 1 atom stereocenters. The van der Waals surface area contributed by atoms with Crippen LogP contribution in [0.15, 0.2) is 48.7 Å². The lowest BCUT2D eigenvalue weighted by atomic mass is 9.90. The molecule has 2 aliphatic rings. The van der Waals surface area contributed by atoms with Crippen molar-refractivity contribution in [3.8, 4) is 5.69 Å². The molecular formula is C25H27F3N4O5. The molecule has 12 heteroatoms. The molecule has 1 aromatic heterocycles. The number of carboxylic acids is 1. The summed E-state index contributed by atoms with van der Waals surface area (Å²) >= 11 is 0. The van der Waals surface area contributed by atoms with Crippen LogP contribution >= 0.6 is 0 Å². The molecule has 2 saturated heterocycles. The summed E-state index contributed by atoms with van der Waals surface area (Å²) < 4.78 is 39.6. The maximum absolute atomic E-state index is 11.9. The zero-order valence-electron chi connectivity index (χ0n) is 19.9. The molecule has 0 saturated carbocycles. The molecule has 2 aliphatic heterocycles. The zero-order valence-corrected chi connectivity index (χ0v) is 19.9. The Morgan fingerprint density at radius 3 is 2.46 bits per heavy atom. The second kappa shape index (κ2) is 10.9. The predicted octanol–water partition coefficient (Wildman–Crippen LogP) is 3.83. The van der Waals surface area contributed by atoms with Crippen LogP contribution in [0.2, 0.25) is 0 Å². The quantitative estimate of drug-likeness (QED) is 0.498. The Bertz CT molecular complexity index is 1250.